The van der Waals surface area contributed by atoms with Crippen LogP contribution in [0.3, 0.4) is 0 Å². The van der Waals surface area contributed by atoms with Crippen LogP contribution in [0.5, 0.6) is 0 Å². The fraction of sp³-hybridized carbons (Fsp3) is 0.500. The quantitative estimate of drug-likeness (QED) is 0.653. The molecule has 0 aromatic carbocycles. The Morgan fingerprint density at radius 1 is 1.85 bits per heavy atom. The minimum atomic E-state index is -1.21. The molecule has 0 amide bonds. The van der Waals surface area contributed by atoms with Gasteiger partial charge < -0.3 is 10.8 Å². The van der Waals surface area contributed by atoms with Crippen molar-refractivity contribution < 1.29 is 14.3 Å². The highest BCUT2D eigenvalue weighted by Crippen LogP contribution is 2.07. The van der Waals surface area contributed by atoms with Crippen molar-refractivity contribution in [2.75, 3.05) is 6.67 Å². The Morgan fingerprint density at radius 2 is 2.54 bits per heavy atom. The molecule has 13 heavy (non-hydrogen) atoms. The minimum absolute atomic E-state index is 0.0314. The number of carbonyl (C=O) groups is 1. The predicted octanol–water partition coefficient (Wildman–Crippen LogP) is -0.668. The van der Waals surface area contributed by atoms with Crippen molar-refractivity contribution >= 4 is 5.97 Å². The first-order valence-electron chi connectivity index (χ1n) is 3.59. The van der Waals surface area contributed by atoms with E-state index in [1.54, 1.807) is 0 Å². The highest BCUT2D eigenvalue weighted by atomic mass is 19.1. The first kappa shape index (κ1) is 9.59. The van der Waals surface area contributed by atoms with E-state index >= 15 is 0 Å². The van der Waals surface area contributed by atoms with E-state index in [0.717, 1.165) is 4.68 Å². The molecule has 0 saturated carbocycles. The van der Waals surface area contributed by atoms with Crippen LogP contribution >= 0.6 is 0 Å². The van der Waals surface area contributed by atoms with Gasteiger partial charge in [-0.05, 0) is 0 Å². The molecule has 1 aromatic rings. The SMILES string of the molecule is NC(C(=O)O)c1cnnn1CCF. The molecule has 1 aromatic heterocycles. The zero-order valence-electron chi connectivity index (χ0n) is 6.72. The van der Waals surface area contributed by atoms with E-state index in [1.807, 2.05) is 0 Å². The van der Waals surface area contributed by atoms with Gasteiger partial charge in [-0.1, -0.05) is 5.21 Å². The fourth-order valence-electron chi connectivity index (χ4n) is 0.887. The molecule has 1 atom stereocenters. The third kappa shape index (κ3) is 2.00. The van der Waals surface area contributed by atoms with Crippen LogP contribution < -0.4 is 5.73 Å². The Bertz CT molecular complexity index is 301. The molecule has 1 unspecified atom stereocenters. The van der Waals surface area contributed by atoms with Crippen LogP contribution in [0.25, 0.3) is 0 Å². The summed E-state index contributed by atoms with van der Waals surface area (Å²) in [6.07, 6.45) is 1.22. The minimum Gasteiger partial charge on any atom is -0.480 e. The molecule has 1 rings (SSSR count). The van der Waals surface area contributed by atoms with Crippen molar-refractivity contribution in [3.05, 3.63) is 11.9 Å². The summed E-state index contributed by atoms with van der Waals surface area (Å²) < 4.78 is 13.1. The van der Waals surface area contributed by atoms with Gasteiger partial charge in [-0.3, -0.25) is 4.79 Å². The van der Waals surface area contributed by atoms with Gasteiger partial charge in [0.05, 0.1) is 18.4 Å². The highest BCUT2D eigenvalue weighted by Gasteiger charge is 2.19. The number of aryl methyl sites for hydroxylation is 1. The Morgan fingerprint density at radius 3 is 3.08 bits per heavy atom. The van der Waals surface area contributed by atoms with Crippen LogP contribution in [0, 0.1) is 0 Å². The number of halogens is 1. The monoisotopic (exact) mass is 188 g/mol. The van der Waals surface area contributed by atoms with E-state index in [9.17, 15) is 9.18 Å². The summed E-state index contributed by atoms with van der Waals surface area (Å²) >= 11 is 0. The molecule has 0 saturated heterocycles. The van der Waals surface area contributed by atoms with Crippen molar-refractivity contribution in [1.82, 2.24) is 15.0 Å². The number of hydrogen-bond donors (Lipinski definition) is 2. The molecule has 0 spiro atoms. The molecule has 0 radical (unpaired) electrons. The summed E-state index contributed by atoms with van der Waals surface area (Å²) in [7, 11) is 0. The number of nitrogens with two attached hydrogens (primary N) is 1. The van der Waals surface area contributed by atoms with Crippen LogP contribution in [0.4, 0.5) is 4.39 Å². The Balaban J connectivity index is 2.86. The number of carboxylic acids is 1. The average Bonchev–Trinajstić information content (AvgIpc) is 2.52. The van der Waals surface area contributed by atoms with Gasteiger partial charge in [-0.15, -0.1) is 5.10 Å². The molecule has 6 nitrogen and oxygen atoms in total. The standard InChI is InChI=1S/C6H9FN4O2/c7-1-2-11-4(3-9-10-11)5(8)6(12)13/h3,5H,1-2,8H2,(H,12,13). The molecule has 0 bridgehead atoms. The molecule has 1 heterocycles. The van der Waals surface area contributed by atoms with Crippen molar-refractivity contribution in [1.29, 1.82) is 0 Å². The maximum absolute atomic E-state index is 11.9. The summed E-state index contributed by atoms with van der Waals surface area (Å²) in [5.41, 5.74) is 5.49. The number of carboxylic acid groups (broad SMARTS) is 1. The summed E-state index contributed by atoms with van der Waals surface area (Å²) in [5, 5.41) is 15.5. The molecule has 3 N–H and O–H groups in total. The van der Waals surface area contributed by atoms with Crippen LogP contribution in [-0.2, 0) is 11.3 Å². The van der Waals surface area contributed by atoms with Gasteiger partial charge in [0, 0.05) is 0 Å². The van der Waals surface area contributed by atoms with Gasteiger partial charge in [-0.25, -0.2) is 9.07 Å². The van der Waals surface area contributed by atoms with Gasteiger partial charge in [0.1, 0.15) is 12.7 Å². The normalized spacial score (nSPS) is 12.8. The van der Waals surface area contributed by atoms with Gasteiger partial charge in [0.25, 0.3) is 0 Å². The van der Waals surface area contributed by atoms with Crippen LogP contribution in [0.15, 0.2) is 6.20 Å². The molecule has 7 heteroatoms. The zero-order chi connectivity index (χ0) is 9.84. The Kier molecular flexibility index (Phi) is 2.91. The lowest BCUT2D eigenvalue weighted by atomic mass is 10.2. The highest BCUT2D eigenvalue weighted by molar-refractivity contribution is 5.74. The molecule has 0 aliphatic carbocycles. The maximum Gasteiger partial charge on any atom is 0.326 e. The van der Waals surface area contributed by atoms with E-state index in [-0.39, 0.29) is 12.2 Å². The molecular weight excluding hydrogens is 179 g/mol. The average molecular weight is 188 g/mol. The molecule has 72 valence electrons. The summed E-state index contributed by atoms with van der Waals surface area (Å²) in [4.78, 5) is 10.5. The first-order chi connectivity index (χ1) is 6.16. The van der Waals surface area contributed by atoms with Gasteiger partial charge in [0.15, 0.2) is 0 Å². The number of alkyl halides is 1. The summed E-state index contributed by atoms with van der Waals surface area (Å²) in [6.45, 7) is -0.668. The largest absolute Gasteiger partial charge is 0.480 e. The lowest BCUT2D eigenvalue weighted by Gasteiger charge is -2.06. The van der Waals surface area contributed by atoms with Gasteiger partial charge >= 0.3 is 5.97 Å². The van der Waals surface area contributed by atoms with E-state index in [1.165, 1.54) is 6.20 Å². The zero-order valence-corrected chi connectivity index (χ0v) is 6.72. The van der Waals surface area contributed by atoms with Crippen molar-refractivity contribution in [3.63, 3.8) is 0 Å². The molecule has 0 fully saturated rings. The van der Waals surface area contributed by atoms with Crippen LogP contribution in [0.2, 0.25) is 0 Å². The second-order valence-corrected chi connectivity index (χ2v) is 2.39. The van der Waals surface area contributed by atoms with Crippen molar-refractivity contribution in [2.45, 2.75) is 12.6 Å². The lowest BCUT2D eigenvalue weighted by molar-refractivity contribution is -0.138. The Hall–Kier alpha value is -1.50. The molecule has 0 aliphatic rings. The van der Waals surface area contributed by atoms with Gasteiger partial charge in [0.2, 0.25) is 0 Å². The first-order valence-corrected chi connectivity index (χ1v) is 3.59. The number of hydrogen-bond acceptors (Lipinski definition) is 4. The van der Waals surface area contributed by atoms with E-state index in [4.69, 9.17) is 10.8 Å². The third-order valence-electron chi connectivity index (χ3n) is 1.53. The lowest BCUT2D eigenvalue weighted by Crippen LogP contribution is -2.24. The van der Waals surface area contributed by atoms with E-state index in [0.29, 0.717) is 0 Å². The fourth-order valence-corrected chi connectivity index (χ4v) is 0.887. The maximum atomic E-state index is 11.9. The molecule has 0 aliphatic heterocycles. The third-order valence-corrected chi connectivity index (χ3v) is 1.53. The second-order valence-electron chi connectivity index (χ2n) is 2.39. The van der Waals surface area contributed by atoms with Crippen molar-refractivity contribution in [2.24, 2.45) is 5.73 Å². The summed E-state index contributed by atoms with van der Waals surface area (Å²) in [5.74, 6) is -1.19. The van der Waals surface area contributed by atoms with Gasteiger partial charge in [-0.2, -0.15) is 0 Å². The number of aliphatic carboxylic acids is 1. The number of aromatic nitrogens is 3. The Labute approximate surface area is 73.1 Å². The van der Waals surface area contributed by atoms with Crippen LogP contribution in [0.1, 0.15) is 11.7 Å². The predicted molar refractivity (Wildman–Crippen MR) is 40.6 cm³/mol. The van der Waals surface area contributed by atoms with Crippen LogP contribution in [-0.4, -0.2) is 32.7 Å². The second kappa shape index (κ2) is 3.94. The van der Waals surface area contributed by atoms with Crippen molar-refractivity contribution in [3.8, 4) is 0 Å². The van der Waals surface area contributed by atoms with E-state index in [2.05, 4.69) is 10.3 Å². The summed E-state index contributed by atoms with van der Waals surface area (Å²) in [6, 6.07) is -1.21. The number of rotatable bonds is 4. The molecular formula is C6H9FN4O2. The topological polar surface area (TPSA) is 94.0 Å². The van der Waals surface area contributed by atoms with E-state index < -0.39 is 18.7 Å². The smallest absolute Gasteiger partial charge is 0.326 e. The number of nitrogens with zero attached hydrogens (tertiary/aromatic N) is 3.